The van der Waals surface area contributed by atoms with Crippen LogP contribution in [0.3, 0.4) is 0 Å². The van der Waals surface area contributed by atoms with Crippen LogP contribution < -0.4 is 0 Å². The molecule has 4 heteroatoms. The van der Waals surface area contributed by atoms with Crippen molar-refractivity contribution in [2.45, 2.75) is 13.0 Å². The van der Waals surface area contributed by atoms with E-state index >= 15 is 0 Å². The van der Waals surface area contributed by atoms with Crippen LogP contribution in [0.25, 0.3) is 0 Å². The monoisotopic (exact) mass is 159 g/mol. The van der Waals surface area contributed by atoms with E-state index in [2.05, 4.69) is 21.5 Å². The van der Waals surface area contributed by atoms with Gasteiger partial charge in [-0.15, -0.1) is 6.42 Å². The minimum Gasteiger partial charge on any atom is -0.238 e. The first kappa shape index (κ1) is 9.16. The quantitative estimate of drug-likeness (QED) is 0.356. The molecule has 2 atom stereocenters. The molecule has 0 saturated carbocycles. The minimum atomic E-state index is -2.14. The summed E-state index contributed by atoms with van der Waals surface area (Å²) in [4.78, 5) is 0. The van der Waals surface area contributed by atoms with Gasteiger partial charge < -0.3 is 0 Å². The van der Waals surface area contributed by atoms with E-state index in [9.17, 15) is 4.57 Å². The lowest BCUT2D eigenvalue weighted by Gasteiger charge is -1.88. The van der Waals surface area contributed by atoms with Crippen molar-refractivity contribution >= 4 is 8.25 Å². The van der Waals surface area contributed by atoms with Crippen LogP contribution in [0.4, 0.5) is 0 Å². The Kier molecular flexibility index (Phi) is 4.57. The van der Waals surface area contributed by atoms with E-state index in [1.54, 1.807) is 6.92 Å². The standard InChI is InChI=1S/C6H8O3P/c1-4-6(3)9-10(7)8-5-2/h1,5-6H,2H2,3H3/q+1. The van der Waals surface area contributed by atoms with E-state index in [1.807, 2.05) is 0 Å². The van der Waals surface area contributed by atoms with Crippen molar-refractivity contribution in [3.63, 3.8) is 0 Å². The van der Waals surface area contributed by atoms with Gasteiger partial charge in [-0.2, -0.15) is 0 Å². The van der Waals surface area contributed by atoms with Crippen molar-refractivity contribution in [1.29, 1.82) is 0 Å². The predicted octanol–water partition coefficient (Wildman–Crippen LogP) is 1.84. The van der Waals surface area contributed by atoms with Crippen molar-refractivity contribution in [3.05, 3.63) is 12.8 Å². The van der Waals surface area contributed by atoms with Gasteiger partial charge in [0.15, 0.2) is 6.10 Å². The average Bonchev–Trinajstić information content (AvgIpc) is 1.88. The van der Waals surface area contributed by atoms with Crippen molar-refractivity contribution < 1.29 is 13.6 Å². The fourth-order valence-corrected chi connectivity index (χ4v) is 0.736. The van der Waals surface area contributed by atoms with E-state index in [-0.39, 0.29) is 0 Å². The van der Waals surface area contributed by atoms with Crippen LogP contribution in [0.2, 0.25) is 0 Å². The Labute approximate surface area is 61.0 Å². The molecule has 0 aliphatic rings. The zero-order chi connectivity index (χ0) is 7.98. The highest BCUT2D eigenvalue weighted by Gasteiger charge is 2.21. The Balaban J connectivity index is 3.59. The molecule has 0 rings (SSSR count). The topological polar surface area (TPSA) is 35.5 Å². The average molecular weight is 159 g/mol. The molecule has 0 bridgehead atoms. The summed E-state index contributed by atoms with van der Waals surface area (Å²) in [7, 11) is -2.14. The van der Waals surface area contributed by atoms with E-state index in [0.29, 0.717) is 0 Å². The van der Waals surface area contributed by atoms with Gasteiger partial charge in [-0.1, -0.05) is 17.0 Å². The normalized spacial score (nSPS) is 13.0. The first-order valence-electron chi connectivity index (χ1n) is 2.58. The van der Waals surface area contributed by atoms with Gasteiger partial charge in [-0.25, -0.2) is 4.52 Å². The summed E-state index contributed by atoms with van der Waals surface area (Å²) in [5, 5.41) is 0. The van der Waals surface area contributed by atoms with E-state index in [0.717, 1.165) is 6.26 Å². The predicted molar refractivity (Wildman–Crippen MR) is 38.3 cm³/mol. The van der Waals surface area contributed by atoms with Crippen LogP contribution in [0.5, 0.6) is 0 Å². The molecule has 0 saturated heterocycles. The van der Waals surface area contributed by atoms with Crippen LogP contribution >= 0.6 is 8.25 Å². The lowest BCUT2D eigenvalue weighted by Crippen LogP contribution is -1.97. The third-order valence-electron chi connectivity index (χ3n) is 0.639. The zero-order valence-electron chi connectivity index (χ0n) is 5.61. The lowest BCUT2D eigenvalue weighted by molar-refractivity contribution is 0.244. The molecule has 0 heterocycles. The SMILES string of the molecule is C#CC(C)O[P+](=O)OC=C. The number of rotatable bonds is 4. The smallest absolute Gasteiger partial charge is 0.238 e. The van der Waals surface area contributed by atoms with Gasteiger partial charge in [0.05, 0.1) is 0 Å². The van der Waals surface area contributed by atoms with Gasteiger partial charge in [0.2, 0.25) is 0 Å². The zero-order valence-corrected chi connectivity index (χ0v) is 6.51. The van der Waals surface area contributed by atoms with Gasteiger partial charge in [0.1, 0.15) is 6.26 Å². The summed E-state index contributed by atoms with van der Waals surface area (Å²) in [5.41, 5.74) is 0. The molecule has 2 unspecified atom stereocenters. The summed E-state index contributed by atoms with van der Waals surface area (Å²) in [6.07, 6.45) is 5.48. The summed E-state index contributed by atoms with van der Waals surface area (Å²) in [6, 6.07) is 0. The van der Waals surface area contributed by atoms with Gasteiger partial charge in [0, 0.05) is 4.57 Å². The Hall–Kier alpha value is -0.840. The number of hydrogen-bond acceptors (Lipinski definition) is 3. The fraction of sp³-hybridized carbons (Fsp3) is 0.333. The molecular formula is C6H8O3P+. The molecule has 0 aliphatic heterocycles. The van der Waals surface area contributed by atoms with Crippen LogP contribution in [-0.4, -0.2) is 6.10 Å². The lowest BCUT2D eigenvalue weighted by atomic mass is 10.4. The first-order valence-corrected chi connectivity index (χ1v) is 3.68. The second-order valence-electron chi connectivity index (χ2n) is 1.41. The molecule has 10 heavy (non-hydrogen) atoms. The highest BCUT2D eigenvalue weighted by Crippen LogP contribution is 2.25. The highest BCUT2D eigenvalue weighted by molar-refractivity contribution is 7.33. The summed E-state index contributed by atoms with van der Waals surface area (Å²) in [5.74, 6) is 2.23. The molecule has 0 aromatic carbocycles. The molecule has 0 aromatic heterocycles. The van der Waals surface area contributed by atoms with E-state index in [4.69, 9.17) is 6.42 Å². The number of terminal acetylenes is 1. The van der Waals surface area contributed by atoms with Crippen LogP contribution in [-0.2, 0) is 13.6 Å². The largest absolute Gasteiger partial charge is 0.750 e. The maximum atomic E-state index is 10.5. The summed E-state index contributed by atoms with van der Waals surface area (Å²) >= 11 is 0. The van der Waals surface area contributed by atoms with Crippen LogP contribution in [0.1, 0.15) is 6.92 Å². The van der Waals surface area contributed by atoms with Crippen molar-refractivity contribution in [1.82, 2.24) is 0 Å². The van der Waals surface area contributed by atoms with Gasteiger partial charge in [0.25, 0.3) is 0 Å². The second-order valence-corrected chi connectivity index (χ2v) is 2.28. The molecule has 0 radical (unpaired) electrons. The second kappa shape index (κ2) is 4.99. The van der Waals surface area contributed by atoms with Crippen molar-refractivity contribution in [2.75, 3.05) is 0 Å². The molecule has 0 amide bonds. The Morgan fingerprint density at radius 1 is 1.90 bits per heavy atom. The summed E-state index contributed by atoms with van der Waals surface area (Å²) in [6.45, 7) is 4.79. The van der Waals surface area contributed by atoms with Gasteiger partial charge >= 0.3 is 8.25 Å². The molecule has 0 aromatic rings. The highest BCUT2D eigenvalue weighted by atomic mass is 31.1. The Bertz CT molecular complexity index is 170. The van der Waals surface area contributed by atoms with Crippen molar-refractivity contribution in [2.24, 2.45) is 0 Å². The molecule has 0 fully saturated rings. The summed E-state index contributed by atoms with van der Waals surface area (Å²) < 4.78 is 19.5. The van der Waals surface area contributed by atoms with Crippen molar-refractivity contribution in [3.8, 4) is 12.3 Å². The van der Waals surface area contributed by atoms with Gasteiger partial charge in [-0.3, -0.25) is 0 Å². The molecule has 3 nitrogen and oxygen atoms in total. The first-order chi connectivity index (χ1) is 4.70. The van der Waals surface area contributed by atoms with E-state index < -0.39 is 14.4 Å². The molecule has 0 N–H and O–H groups in total. The Morgan fingerprint density at radius 2 is 2.50 bits per heavy atom. The third kappa shape index (κ3) is 4.08. The molecule has 0 aliphatic carbocycles. The van der Waals surface area contributed by atoms with Crippen LogP contribution in [0.15, 0.2) is 12.8 Å². The Morgan fingerprint density at radius 3 is 2.90 bits per heavy atom. The third-order valence-corrected chi connectivity index (χ3v) is 1.45. The van der Waals surface area contributed by atoms with E-state index in [1.165, 1.54) is 0 Å². The maximum Gasteiger partial charge on any atom is 0.750 e. The fourth-order valence-electron chi connectivity index (χ4n) is 0.245. The van der Waals surface area contributed by atoms with Gasteiger partial charge in [-0.05, 0) is 6.92 Å². The number of hydrogen-bond donors (Lipinski definition) is 0. The molecule has 54 valence electrons. The molecule has 0 spiro atoms. The molecular weight excluding hydrogens is 151 g/mol. The van der Waals surface area contributed by atoms with Crippen LogP contribution in [0, 0.1) is 12.3 Å². The minimum absolute atomic E-state index is 0.497. The maximum absolute atomic E-state index is 10.5.